The number of ether oxygens (including phenoxy) is 1. The van der Waals surface area contributed by atoms with Gasteiger partial charge in [-0.05, 0) is 54.4 Å². The van der Waals surface area contributed by atoms with Crippen LogP contribution in [0.4, 0.5) is 10.8 Å². The van der Waals surface area contributed by atoms with Gasteiger partial charge in [-0.25, -0.2) is 4.98 Å². The lowest BCUT2D eigenvalue weighted by molar-refractivity contribution is 0.102. The van der Waals surface area contributed by atoms with Crippen LogP contribution in [0, 0.1) is 0 Å². The Morgan fingerprint density at radius 2 is 1.73 bits per heavy atom. The molecule has 0 saturated carbocycles. The minimum absolute atomic E-state index is 0.0133. The third-order valence-corrected chi connectivity index (χ3v) is 8.01. The first-order chi connectivity index (χ1) is 18.2. The first-order valence-electron chi connectivity index (χ1n) is 12.7. The SMILES string of the molecule is CCc1cc([C@H](c2ccc(OC)cc2)N2CCN(c3ccccn3)CC2)c(NC(=O)c2ccccc2)s1. The first-order valence-corrected chi connectivity index (χ1v) is 13.5. The molecule has 1 fully saturated rings. The lowest BCUT2D eigenvalue weighted by atomic mass is 9.97. The number of aromatic nitrogens is 1. The third kappa shape index (κ3) is 5.68. The maximum Gasteiger partial charge on any atom is 0.256 e. The highest BCUT2D eigenvalue weighted by atomic mass is 32.1. The van der Waals surface area contributed by atoms with Gasteiger partial charge >= 0.3 is 0 Å². The summed E-state index contributed by atoms with van der Waals surface area (Å²) in [6.45, 7) is 5.71. The van der Waals surface area contributed by atoms with E-state index in [4.69, 9.17) is 4.74 Å². The van der Waals surface area contributed by atoms with E-state index in [1.165, 1.54) is 10.4 Å². The topological polar surface area (TPSA) is 57.7 Å². The Labute approximate surface area is 222 Å². The number of nitrogens with zero attached hydrogens (tertiary/aromatic N) is 3. The van der Waals surface area contributed by atoms with E-state index in [0.29, 0.717) is 5.56 Å². The Bertz CT molecular complexity index is 1300. The molecule has 7 heteroatoms. The van der Waals surface area contributed by atoms with Crippen LogP contribution >= 0.6 is 11.3 Å². The summed E-state index contributed by atoms with van der Waals surface area (Å²) < 4.78 is 5.43. The van der Waals surface area contributed by atoms with E-state index in [1.807, 2.05) is 60.8 Å². The number of hydrogen-bond donors (Lipinski definition) is 1. The molecule has 0 aliphatic carbocycles. The average molecular weight is 513 g/mol. The number of carbonyl (C=O) groups is 1. The predicted octanol–water partition coefficient (Wildman–Crippen LogP) is 5.88. The summed E-state index contributed by atoms with van der Waals surface area (Å²) in [5.41, 5.74) is 2.98. The van der Waals surface area contributed by atoms with E-state index < -0.39 is 0 Å². The smallest absolute Gasteiger partial charge is 0.256 e. The molecule has 1 amide bonds. The number of nitrogens with one attached hydrogen (secondary N) is 1. The minimum Gasteiger partial charge on any atom is -0.497 e. The predicted molar refractivity (Wildman–Crippen MR) is 151 cm³/mol. The maximum absolute atomic E-state index is 13.1. The molecule has 1 N–H and O–H groups in total. The number of thiophene rings is 1. The quantitative estimate of drug-likeness (QED) is 0.320. The molecule has 5 rings (SSSR count). The van der Waals surface area contributed by atoms with Crippen LogP contribution in [0.2, 0.25) is 0 Å². The van der Waals surface area contributed by atoms with Crippen molar-refractivity contribution in [2.24, 2.45) is 0 Å². The molecule has 37 heavy (non-hydrogen) atoms. The van der Waals surface area contributed by atoms with Gasteiger partial charge in [-0.2, -0.15) is 0 Å². The van der Waals surface area contributed by atoms with Crippen molar-refractivity contribution in [3.63, 3.8) is 0 Å². The van der Waals surface area contributed by atoms with Crippen molar-refractivity contribution in [3.05, 3.63) is 107 Å². The molecule has 0 bridgehead atoms. The van der Waals surface area contributed by atoms with Crippen molar-refractivity contribution >= 4 is 28.1 Å². The molecular formula is C30H32N4O2S. The summed E-state index contributed by atoms with van der Waals surface area (Å²) in [4.78, 5) is 23.8. The molecule has 0 unspecified atom stereocenters. The van der Waals surface area contributed by atoms with E-state index >= 15 is 0 Å². The fraction of sp³-hybridized carbons (Fsp3) is 0.267. The highest BCUT2D eigenvalue weighted by Crippen LogP contribution is 2.40. The van der Waals surface area contributed by atoms with Gasteiger partial charge in [-0.3, -0.25) is 9.69 Å². The first kappa shape index (κ1) is 25.0. The number of amides is 1. The summed E-state index contributed by atoms with van der Waals surface area (Å²) >= 11 is 1.67. The Morgan fingerprint density at radius 1 is 1.00 bits per heavy atom. The zero-order valence-corrected chi connectivity index (χ0v) is 22.1. The highest BCUT2D eigenvalue weighted by molar-refractivity contribution is 7.16. The van der Waals surface area contributed by atoms with E-state index in [1.54, 1.807) is 18.4 Å². The molecule has 2 aromatic heterocycles. The van der Waals surface area contributed by atoms with E-state index in [2.05, 4.69) is 51.3 Å². The molecule has 0 spiro atoms. The van der Waals surface area contributed by atoms with Crippen LogP contribution in [-0.2, 0) is 6.42 Å². The number of hydrogen-bond acceptors (Lipinski definition) is 6. The van der Waals surface area contributed by atoms with Gasteiger partial charge in [-0.1, -0.05) is 43.3 Å². The van der Waals surface area contributed by atoms with Crippen LogP contribution < -0.4 is 15.0 Å². The van der Waals surface area contributed by atoms with Gasteiger partial charge < -0.3 is 15.0 Å². The molecular weight excluding hydrogens is 480 g/mol. The summed E-state index contributed by atoms with van der Waals surface area (Å²) in [5.74, 6) is 1.77. The lowest BCUT2D eigenvalue weighted by Gasteiger charge is -2.40. The van der Waals surface area contributed by atoms with E-state index in [0.717, 1.165) is 54.7 Å². The van der Waals surface area contributed by atoms with Crippen LogP contribution in [0.25, 0.3) is 0 Å². The Balaban J connectivity index is 1.47. The van der Waals surface area contributed by atoms with Crippen molar-refractivity contribution < 1.29 is 9.53 Å². The minimum atomic E-state index is -0.0835. The van der Waals surface area contributed by atoms with Crippen molar-refractivity contribution in [3.8, 4) is 5.75 Å². The molecule has 0 radical (unpaired) electrons. The Morgan fingerprint density at radius 3 is 2.38 bits per heavy atom. The Hall–Kier alpha value is -3.68. The lowest BCUT2D eigenvalue weighted by Crippen LogP contribution is -2.48. The van der Waals surface area contributed by atoms with Crippen LogP contribution in [0.3, 0.4) is 0 Å². The number of benzene rings is 2. The number of aryl methyl sites for hydroxylation is 1. The summed E-state index contributed by atoms with van der Waals surface area (Å²) in [5, 5.41) is 4.15. The van der Waals surface area contributed by atoms with Crippen molar-refractivity contribution in [1.82, 2.24) is 9.88 Å². The van der Waals surface area contributed by atoms with Gasteiger partial charge in [0.2, 0.25) is 0 Å². The number of rotatable bonds is 8. The standard InChI is InChI=1S/C30H32N4O2S/c1-3-25-21-26(30(37-25)32-29(35)23-9-5-4-6-10-23)28(22-12-14-24(36-2)15-13-22)34-19-17-33(18-20-34)27-11-7-8-16-31-27/h4-16,21,28H,3,17-20H2,1-2H3,(H,32,35)/t28-/m0/s1. The number of methoxy groups -OCH3 is 1. The maximum atomic E-state index is 13.1. The molecule has 1 aliphatic rings. The van der Waals surface area contributed by atoms with Gasteiger partial charge in [0.15, 0.2) is 0 Å². The second-order valence-electron chi connectivity index (χ2n) is 9.06. The molecule has 1 saturated heterocycles. The molecule has 190 valence electrons. The van der Waals surface area contributed by atoms with Crippen molar-refractivity contribution in [2.75, 3.05) is 43.5 Å². The monoisotopic (exact) mass is 512 g/mol. The van der Waals surface area contributed by atoms with Gasteiger partial charge in [0.1, 0.15) is 16.6 Å². The number of carbonyl (C=O) groups excluding carboxylic acids is 1. The zero-order valence-electron chi connectivity index (χ0n) is 21.3. The van der Waals surface area contributed by atoms with Gasteiger partial charge in [-0.15, -0.1) is 11.3 Å². The zero-order chi connectivity index (χ0) is 25.6. The van der Waals surface area contributed by atoms with Crippen LogP contribution in [0.15, 0.2) is 85.1 Å². The van der Waals surface area contributed by atoms with Crippen molar-refractivity contribution in [1.29, 1.82) is 0 Å². The molecule has 2 aromatic carbocycles. The largest absolute Gasteiger partial charge is 0.497 e. The second kappa shape index (κ2) is 11.6. The fourth-order valence-electron chi connectivity index (χ4n) is 4.82. The molecule has 1 aliphatic heterocycles. The normalized spacial score (nSPS) is 14.8. The molecule has 4 aromatic rings. The Kier molecular flexibility index (Phi) is 7.82. The van der Waals surface area contributed by atoms with Gasteiger partial charge in [0.05, 0.1) is 13.2 Å². The van der Waals surface area contributed by atoms with Crippen LogP contribution in [0.5, 0.6) is 5.75 Å². The molecule has 3 heterocycles. The highest BCUT2D eigenvalue weighted by Gasteiger charge is 2.30. The van der Waals surface area contributed by atoms with E-state index in [9.17, 15) is 4.79 Å². The summed E-state index contributed by atoms with van der Waals surface area (Å²) in [7, 11) is 1.69. The summed E-state index contributed by atoms with van der Waals surface area (Å²) in [6.07, 6.45) is 2.77. The second-order valence-corrected chi connectivity index (χ2v) is 10.2. The number of anilines is 2. The van der Waals surface area contributed by atoms with E-state index in [-0.39, 0.29) is 11.9 Å². The third-order valence-electron chi connectivity index (χ3n) is 6.80. The van der Waals surface area contributed by atoms with Crippen LogP contribution in [0.1, 0.15) is 39.3 Å². The van der Waals surface area contributed by atoms with Gasteiger partial charge in [0, 0.05) is 48.4 Å². The number of pyridine rings is 1. The van der Waals surface area contributed by atoms with Crippen molar-refractivity contribution in [2.45, 2.75) is 19.4 Å². The number of piperazine rings is 1. The van der Waals surface area contributed by atoms with Crippen LogP contribution in [-0.4, -0.2) is 49.1 Å². The summed E-state index contributed by atoms with van der Waals surface area (Å²) in [6, 6.07) is 26.1. The molecule has 6 nitrogen and oxygen atoms in total. The van der Waals surface area contributed by atoms with Gasteiger partial charge in [0.25, 0.3) is 5.91 Å². The fourth-order valence-corrected chi connectivity index (χ4v) is 5.85. The average Bonchev–Trinajstić information content (AvgIpc) is 3.37. The molecule has 1 atom stereocenters.